The maximum atomic E-state index is 12.1. The van der Waals surface area contributed by atoms with Crippen molar-refractivity contribution in [3.05, 3.63) is 34.4 Å². The van der Waals surface area contributed by atoms with Crippen LogP contribution in [0.2, 0.25) is 0 Å². The molecule has 10 nitrogen and oxygen atoms in total. The first-order valence-electron chi connectivity index (χ1n) is 6.63. The number of hydrogen-bond acceptors (Lipinski definition) is 6. The predicted octanol–water partition coefficient (Wildman–Crippen LogP) is 2.03. The molecular formula is C13H16N4O6. The summed E-state index contributed by atoms with van der Waals surface area (Å²) in [5, 5.41) is 11.1. The largest absolute Gasteiger partial charge is 0.449 e. The second-order valence-corrected chi connectivity index (χ2v) is 3.95. The lowest BCUT2D eigenvalue weighted by Crippen LogP contribution is -2.43. The van der Waals surface area contributed by atoms with Gasteiger partial charge in [-0.25, -0.2) is 14.5 Å². The molecule has 0 spiro atoms. The van der Waals surface area contributed by atoms with Crippen molar-refractivity contribution in [1.82, 2.24) is 0 Å². The van der Waals surface area contributed by atoms with E-state index < -0.39 is 28.8 Å². The lowest BCUT2D eigenvalue weighted by molar-refractivity contribution is -0.384. The molecule has 1 aromatic rings. The summed E-state index contributed by atoms with van der Waals surface area (Å²) in [6, 6.07) is 5.34. The molecule has 0 atom stereocenters. The first kappa shape index (κ1) is 17.9. The van der Waals surface area contributed by atoms with Gasteiger partial charge in [-0.3, -0.25) is 10.1 Å². The SMILES string of the molecule is CCOC(=O)/N=C(\N)N(C(=O)OCC)c1ccccc1[N+](=O)[O-]. The van der Waals surface area contributed by atoms with Crippen LogP contribution in [0.5, 0.6) is 0 Å². The standard InChI is InChI=1S/C13H16N4O6/c1-3-22-12(18)15-11(14)16(13(19)23-4-2)9-7-5-6-8-10(9)17(20)21/h5-8H,3-4H2,1-2H3,(H2,14,15,18). The normalized spacial score (nSPS) is 10.8. The summed E-state index contributed by atoms with van der Waals surface area (Å²) in [7, 11) is 0. The number of carbonyl (C=O) groups excluding carboxylic acids is 2. The van der Waals surface area contributed by atoms with E-state index >= 15 is 0 Å². The molecule has 2 N–H and O–H groups in total. The summed E-state index contributed by atoms with van der Waals surface area (Å²) < 4.78 is 9.40. The van der Waals surface area contributed by atoms with Crippen molar-refractivity contribution in [2.75, 3.05) is 18.1 Å². The topological polar surface area (TPSA) is 137 Å². The molecule has 0 aliphatic carbocycles. The highest BCUT2D eigenvalue weighted by Crippen LogP contribution is 2.28. The van der Waals surface area contributed by atoms with Crippen LogP contribution in [0.15, 0.2) is 29.3 Å². The van der Waals surface area contributed by atoms with Crippen molar-refractivity contribution in [3.63, 3.8) is 0 Å². The molecule has 0 radical (unpaired) electrons. The molecule has 0 aliphatic rings. The minimum atomic E-state index is -1.03. The van der Waals surface area contributed by atoms with E-state index in [1.165, 1.54) is 24.3 Å². The van der Waals surface area contributed by atoms with Crippen molar-refractivity contribution in [1.29, 1.82) is 0 Å². The number of carbonyl (C=O) groups is 2. The molecule has 124 valence electrons. The molecule has 1 rings (SSSR count). The van der Waals surface area contributed by atoms with Crippen molar-refractivity contribution >= 4 is 29.5 Å². The summed E-state index contributed by atoms with van der Waals surface area (Å²) in [4.78, 5) is 37.9. The minimum absolute atomic E-state index is 0.00263. The Labute approximate surface area is 131 Å². The maximum absolute atomic E-state index is 12.1. The minimum Gasteiger partial charge on any atom is -0.449 e. The summed E-state index contributed by atoms with van der Waals surface area (Å²) >= 11 is 0. The molecule has 0 heterocycles. The van der Waals surface area contributed by atoms with Gasteiger partial charge in [-0.05, 0) is 19.9 Å². The van der Waals surface area contributed by atoms with E-state index in [0.717, 1.165) is 0 Å². The van der Waals surface area contributed by atoms with Crippen LogP contribution in [0.4, 0.5) is 21.0 Å². The number of anilines is 1. The summed E-state index contributed by atoms with van der Waals surface area (Å²) in [5.41, 5.74) is 5.05. The third-order valence-electron chi connectivity index (χ3n) is 2.47. The molecule has 0 aromatic heterocycles. The quantitative estimate of drug-likeness (QED) is 0.387. The number of benzene rings is 1. The van der Waals surface area contributed by atoms with Gasteiger partial charge < -0.3 is 15.2 Å². The van der Waals surface area contributed by atoms with E-state index in [4.69, 9.17) is 10.5 Å². The fourth-order valence-electron chi connectivity index (χ4n) is 1.61. The highest BCUT2D eigenvalue weighted by molar-refractivity contribution is 6.16. The fourth-order valence-corrected chi connectivity index (χ4v) is 1.61. The van der Waals surface area contributed by atoms with E-state index in [1.54, 1.807) is 13.8 Å². The molecule has 10 heteroatoms. The van der Waals surface area contributed by atoms with E-state index in [-0.39, 0.29) is 18.9 Å². The number of nitro groups is 1. The van der Waals surface area contributed by atoms with Crippen LogP contribution in [-0.4, -0.2) is 36.3 Å². The van der Waals surface area contributed by atoms with E-state index in [1.807, 2.05) is 0 Å². The Hall–Kier alpha value is -3.17. The molecule has 0 saturated carbocycles. The van der Waals surface area contributed by atoms with E-state index in [2.05, 4.69) is 9.73 Å². The molecule has 0 bridgehead atoms. The smallest absolute Gasteiger partial charge is 0.436 e. The number of aliphatic imine (C=N–C) groups is 1. The van der Waals surface area contributed by atoms with Gasteiger partial charge in [-0.1, -0.05) is 12.1 Å². The number of ether oxygens (including phenoxy) is 2. The van der Waals surface area contributed by atoms with Crippen LogP contribution in [0, 0.1) is 10.1 Å². The molecule has 2 amide bonds. The second kappa shape index (κ2) is 8.32. The van der Waals surface area contributed by atoms with Gasteiger partial charge in [-0.2, -0.15) is 0 Å². The zero-order valence-electron chi connectivity index (χ0n) is 12.6. The number of nitrogens with zero attached hydrogens (tertiary/aromatic N) is 3. The summed E-state index contributed by atoms with van der Waals surface area (Å²) in [6.07, 6.45) is -2.04. The molecule has 0 unspecified atom stereocenters. The van der Waals surface area contributed by atoms with Crippen LogP contribution >= 0.6 is 0 Å². The van der Waals surface area contributed by atoms with Crippen LogP contribution in [-0.2, 0) is 9.47 Å². The monoisotopic (exact) mass is 324 g/mol. The van der Waals surface area contributed by atoms with Crippen LogP contribution in [0.1, 0.15) is 13.8 Å². The zero-order valence-corrected chi connectivity index (χ0v) is 12.6. The first-order valence-corrected chi connectivity index (χ1v) is 6.63. The molecule has 0 saturated heterocycles. The van der Waals surface area contributed by atoms with Gasteiger partial charge >= 0.3 is 12.2 Å². The Kier molecular flexibility index (Phi) is 6.46. The number of amides is 2. The Morgan fingerprint density at radius 1 is 1.26 bits per heavy atom. The molecule has 1 aromatic carbocycles. The van der Waals surface area contributed by atoms with Crippen LogP contribution in [0.3, 0.4) is 0 Å². The number of hydrogen-bond donors (Lipinski definition) is 1. The van der Waals surface area contributed by atoms with E-state index in [0.29, 0.717) is 4.90 Å². The van der Waals surface area contributed by atoms with Gasteiger partial charge in [0, 0.05) is 6.07 Å². The fraction of sp³-hybridized carbons (Fsp3) is 0.308. The first-order chi connectivity index (χ1) is 10.9. The van der Waals surface area contributed by atoms with Gasteiger partial charge in [-0.15, -0.1) is 4.99 Å². The average Bonchev–Trinajstić information content (AvgIpc) is 2.48. The number of nitrogens with two attached hydrogens (primary N) is 1. The van der Waals surface area contributed by atoms with Crippen molar-refractivity contribution in [3.8, 4) is 0 Å². The van der Waals surface area contributed by atoms with Crippen LogP contribution < -0.4 is 10.6 Å². The third kappa shape index (κ3) is 4.66. The Bertz CT molecular complexity index is 631. The van der Waals surface area contributed by atoms with Crippen molar-refractivity contribution in [2.45, 2.75) is 13.8 Å². The second-order valence-electron chi connectivity index (χ2n) is 3.95. The Morgan fingerprint density at radius 3 is 2.43 bits per heavy atom. The van der Waals surface area contributed by atoms with Gasteiger partial charge in [0.25, 0.3) is 5.69 Å². The highest BCUT2D eigenvalue weighted by Gasteiger charge is 2.28. The number of guanidine groups is 1. The Balaban J connectivity index is 3.34. The lowest BCUT2D eigenvalue weighted by Gasteiger charge is -2.20. The summed E-state index contributed by atoms with van der Waals surface area (Å²) in [5.74, 6) is -0.601. The predicted molar refractivity (Wildman–Crippen MR) is 81.2 cm³/mol. The lowest BCUT2D eigenvalue weighted by atomic mass is 10.2. The molecular weight excluding hydrogens is 308 g/mol. The number of rotatable bonds is 4. The Morgan fingerprint density at radius 2 is 1.87 bits per heavy atom. The van der Waals surface area contributed by atoms with Gasteiger partial charge in [0.15, 0.2) is 0 Å². The van der Waals surface area contributed by atoms with Gasteiger partial charge in [0.05, 0.1) is 18.1 Å². The maximum Gasteiger partial charge on any atom is 0.436 e. The number of nitro benzene ring substituents is 1. The zero-order chi connectivity index (χ0) is 17.4. The molecule has 0 aliphatic heterocycles. The van der Waals surface area contributed by atoms with E-state index in [9.17, 15) is 19.7 Å². The molecule has 0 fully saturated rings. The van der Waals surface area contributed by atoms with Gasteiger partial charge in [0.2, 0.25) is 5.96 Å². The van der Waals surface area contributed by atoms with Crippen molar-refractivity contribution < 1.29 is 24.0 Å². The third-order valence-corrected chi connectivity index (χ3v) is 2.47. The molecule has 23 heavy (non-hydrogen) atoms. The van der Waals surface area contributed by atoms with Gasteiger partial charge in [0.1, 0.15) is 5.69 Å². The highest BCUT2D eigenvalue weighted by atomic mass is 16.6. The average molecular weight is 324 g/mol. The summed E-state index contributed by atoms with van der Waals surface area (Å²) in [6.45, 7) is 3.17. The number of para-hydroxylation sites is 2. The van der Waals surface area contributed by atoms with Crippen molar-refractivity contribution in [2.24, 2.45) is 10.7 Å². The van der Waals surface area contributed by atoms with Crippen LogP contribution in [0.25, 0.3) is 0 Å².